The average molecular weight is 279 g/mol. The van der Waals surface area contributed by atoms with Crippen LogP contribution in [0.1, 0.15) is 33.1 Å². The number of hydrogen-bond acceptors (Lipinski definition) is 3. The molecule has 4 nitrogen and oxygen atoms in total. The van der Waals surface area contributed by atoms with E-state index in [0.29, 0.717) is 19.2 Å². The van der Waals surface area contributed by atoms with Gasteiger partial charge in [0.05, 0.1) is 13.2 Å². The summed E-state index contributed by atoms with van der Waals surface area (Å²) in [5.74, 6) is 1.56. The quantitative estimate of drug-likeness (QED) is 0.726. The van der Waals surface area contributed by atoms with Crippen LogP contribution in [0, 0.1) is 11.8 Å². The maximum absolute atomic E-state index is 11.7. The molecule has 0 radical (unpaired) electrons. The van der Waals surface area contributed by atoms with Gasteiger partial charge in [-0.15, -0.1) is 12.4 Å². The number of nitrogens with one attached hydrogen (secondary N) is 2. The first-order valence-corrected chi connectivity index (χ1v) is 6.60. The van der Waals surface area contributed by atoms with Gasteiger partial charge in [-0.05, 0) is 31.1 Å². The molecule has 0 saturated heterocycles. The lowest BCUT2D eigenvalue weighted by molar-refractivity contribution is -0.121. The van der Waals surface area contributed by atoms with Crippen LogP contribution in [0.25, 0.3) is 0 Å². The van der Waals surface area contributed by atoms with Crippen molar-refractivity contribution in [2.24, 2.45) is 11.8 Å². The van der Waals surface area contributed by atoms with Crippen LogP contribution in [0.15, 0.2) is 0 Å². The molecule has 1 amide bonds. The Morgan fingerprint density at radius 1 is 1.22 bits per heavy atom. The summed E-state index contributed by atoms with van der Waals surface area (Å²) in [6.45, 7) is 6.30. The Balaban J connectivity index is 0.00000289. The smallest absolute Gasteiger partial charge is 0.234 e. The molecule has 2 unspecified atom stereocenters. The SMILES string of the molecule is COCCNCC(=O)NC1CC(C)CC(C)C1.Cl. The minimum absolute atomic E-state index is 0. The minimum Gasteiger partial charge on any atom is -0.383 e. The van der Waals surface area contributed by atoms with Crippen LogP contribution in [0.4, 0.5) is 0 Å². The summed E-state index contributed by atoms with van der Waals surface area (Å²) >= 11 is 0. The standard InChI is InChI=1S/C13H26N2O2.ClH/c1-10-6-11(2)8-12(7-10)15-13(16)9-14-4-5-17-3;/h10-12,14H,4-9H2,1-3H3,(H,15,16);1H. The minimum atomic E-state index is 0. The molecule has 1 rings (SSSR count). The predicted octanol–water partition coefficient (Wildman–Crippen LogP) is 1.59. The Hall–Kier alpha value is -0.320. The first-order chi connectivity index (χ1) is 8.11. The molecule has 0 aromatic carbocycles. The molecular weight excluding hydrogens is 252 g/mol. The van der Waals surface area contributed by atoms with E-state index in [9.17, 15) is 4.79 Å². The molecule has 2 N–H and O–H groups in total. The molecule has 0 bridgehead atoms. The van der Waals surface area contributed by atoms with E-state index >= 15 is 0 Å². The zero-order valence-corrected chi connectivity index (χ0v) is 12.5. The molecule has 0 aromatic heterocycles. The summed E-state index contributed by atoms with van der Waals surface area (Å²) in [5, 5.41) is 6.18. The number of ether oxygens (including phenoxy) is 1. The lowest BCUT2D eigenvalue weighted by Gasteiger charge is -2.32. The summed E-state index contributed by atoms with van der Waals surface area (Å²) in [7, 11) is 1.66. The van der Waals surface area contributed by atoms with Crippen LogP contribution in [0.3, 0.4) is 0 Å². The first-order valence-electron chi connectivity index (χ1n) is 6.60. The third-order valence-corrected chi connectivity index (χ3v) is 3.31. The fourth-order valence-electron chi connectivity index (χ4n) is 2.72. The van der Waals surface area contributed by atoms with Gasteiger partial charge in [0.1, 0.15) is 0 Å². The van der Waals surface area contributed by atoms with E-state index in [1.54, 1.807) is 7.11 Å². The van der Waals surface area contributed by atoms with Gasteiger partial charge in [0.15, 0.2) is 0 Å². The van der Waals surface area contributed by atoms with E-state index in [1.165, 1.54) is 6.42 Å². The number of halogens is 1. The van der Waals surface area contributed by atoms with E-state index in [1.807, 2.05) is 0 Å². The Kier molecular flexibility index (Phi) is 9.42. The highest BCUT2D eigenvalue weighted by atomic mass is 35.5. The van der Waals surface area contributed by atoms with Crippen molar-refractivity contribution in [3.05, 3.63) is 0 Å². The van der Waals surface area contributed by atoms with Gasteiger partial charge in [-0.3, -0.25) is 4.79 Å². The molecule has 5 heteroatoms. The van der Waals surface area contributed by atoms with Crippen LogP contribution in [0.5, 0.6) is 0 Å². The lowest BCUT2D eigenvalue weighted by Crippen LogP contribution is -2.44. The lowest BCUT2D eigenvalue weighted by atomic mass is 9.80. The summed E-state index contributed by atoms with van der Waals surface area (Å²) < 4.78 is 4.91. The van der Waals surface area contributed by atoms with Crippen molar-refractivity contribution in [1.29, 1.82) is 0 Å². The van der Waals surface area contributed by atoms with Crippen molar-refractivity contribution in [1.82, 2.24) is 10.6 Å². The zero-order valence-electron chi connectivity index (χ0n) is 11.7. The summed E-state index contributed by atoms with van der Waals surface area (Å²) in [5.41, 5.74) is 0. The maximum atomic E-state index is 11.7. The first kappa shape index (κ1) is 17.7. The van der Waals surface area contributed by atoms with E-state index in [0.717, 1.165) is 31.2 Å². The number of carbonyl (C=O) groups excluding carboxylic acids is 1. The largest absolute Gasteiger partial charge is 0.383 e. The highest BCUT2D eigenvalue weighted by Gasteiger charge is 2.24. The van der Waals surface area contributed by atoms with E-state index in [2.05, 4.69) is 24.5 Å². The van der Waals surface area contributed by atoms with Crippen LogP contribution in [-0.2, 0) is 9.53 Å². The van der Waals surface area contributed by atoms with Crippen molar-refractivity contribution in [3.8, 4) is 0 Å². The molecule has 1 fully saturated rings. The van der Waals surface area contributed by atoms with Crippen molar-refractivity contribution in [2.75, 3.05) is 26.8 Å². The molecule has 0 heterocycles. The van der Waals surface area contributed by atoms with Crippen molar-refractivity contribution in [3.63, 3.8) is 0 Å². The van der Waals surface area contributed by atoms with Gasteiger partial charge in [-0.2, -0.15) is 0 Å². The third-order valence-electron chi connectivity index (χ3n) is 3.31. The highest BCUT2D eigenvalue weighted by Crippen LogP contribution is 2.28. The Labute approximate surface area is 117 Å². The summed E-state index contributed by atoms with van der Waals surface area (Å²) in [4.78, 5) is 11.7. The summed E-state index contributed by atoms with van der Waals surface area (Å²) in [6, 6.07) is 0.366. The Morgan fingerprint density at radius 3 is 2.39 bits per heavy atom. The van der Waals surface area contributed by atoms with Crippen LogP contribution in [-0.4, -0.2) is 38.8 Å². The van der Waals surface area contributed by atoms with Gasteiger partial charge < -0.3 is 15.4 Å². The van der Waals surface area contributed by atoms with Gasteiger partial charge >= 0.3 is 0 Å². The molecule has 1 aliphatic carbocycles. The van der Waals surface area contributed by atoms with Crippen LogP contribution < -0.4 is 10.6 Å². The fourth-order valence-corrected chi connectivity index (χ4v) is 2.72. The predicted molar refractivity (Wildman–Crippen MR) is 76.1 cm³/mol. The molecule has 2 atom stereocenters. The topological polar surface area (TPSA) is 50.4 Å². The maximum Gasteiger partial charge on any atom is 0.234 e. The Bertz CT molecular complexity index is 229. The average Bonchev–Trinajstić information content (AvgIpc) is 2.23. The van der Waals surface area contributed by atoms with Gasteiger partial charge in [-0.25, -0.2) is 0 Å². The molecule has 1 aliphatic rings. The third kappa shape index (κ3) is 7.19. The van der Waals surface area contributed by atoms with Gasteiger partial charge in [0.2, 0.25) is 5.91 Å². The molecule has 1 saturated carbocycles. The number of hydrogen-bond donors (Lipinski definition) is 2. The van der Waals surface area contributed by atoms with Gasteiger partial charge in [0.25, 0.3) is 0 Å². The van der Waals surface area contributed by atoms with Crippen LogP contribution >= 0.6 is 12.4 Å². The molecular formula is C13H27ClN2O2. The Morgan fingerprint density at radius 2 is 1.83 bits per heavy atom. The monoisotopic (exact) mass is 278 g/mol. The zero-order chi connectivity index (χ0) is 12.7. The number of amides is 1. The van der Waals surface area contributed by atoms with Crippen LogP contribution in [0.2, 0.25) is 0 Å². The number of methoxy groups -OCH3 is 1. The fraction of sp³-hybridized carbons (Fsp3) is 0.923. The summed E-state index contributed by atoms with van der Waals surface area (Å²) in [6.07, 6.45) is 3.53. The van der Waals surface area contributed by atoms with Gasteiger partial charge in [0, 0.05) is 19.7 Å². The van der Waals surface area contributed by atoms with E-state index in [4.69, 9.17) is 4.74 Å². The van der Waals surface area contributed by atoms with E-state index < -0.39 is 0 Å². The second kappa shape index (κ2) is 9.59. The van der Waals surface area contributed by atoms with Gasteiger partial charge in [-0.1, -0.05) is 13.8 Å². The highest BCUT2D eigenvalue weighted by molar-refractivity contribution is 5.85. The molecule has 18 heavy (non-hydrogen) atoms. The van der Waals surface area contributed by atoms with Crippen molar-refractivity contribution in [2.45, 2.75) is 39.2 Å². The second-order valence-electron chi connectivity index (χ2n) is 5.35. The normalized spacial score (nSPS) is 27.4. The van der Waals surface area contributed by atoms with E-state index in [-0.39, 0.29) is 18.3 Å². The van der Waals surface area contributed by atoms with Crippen molar-refractivity contribution < 1.29 is 9.53 Å². The molecule has 0 aliphatic heterocycles. The molecule has 108 valence electrons. The number of carbonyl (C=O) groups is 1. The molecule has 0 aromatic rings. The second-order valence-corrected chi connectivity index (χ2v) is 5.35. The molecule has 0 spiro atoms. The van der Waals surface area contributed by atoms with Crippen molar-refractivity contribution >= 4 is 18.3 Å². The number of rotatable bonds is 6.